The zero-order valence-corrected chi connectivity index (χ0v) is 12.8. The van der Waals surface area contributed by atoms with E-state index in [1.165, 1.54) is 24.1 Å². The molecule has 0 heterocycles. The highest BCUT2D eigenvalue weighted by Gasteiger charge is 2.24. The summed E-state index contributed by atoms with van der Waals surface area (Å²) in [6.45, 7) is 5.15. The molecule has 0 radical (unpaired) electrons. The van der Waals surface area contributed by atoms with E-state index in [0.717, 1.165) is 0 Å². The van der Waals surface area contributed by atoms with Gasteiger partial charge in [-0.1, -0.05) is 12.1 Å². The predicted octanol–water partition coefficient (Wildman–Crippen LogP) is 2.30. The molecule has 116 valence electrons. The second kappa shape index (κ2) is 6.97. The summed E-state index contributed by atoms with van der Waals surface area (Å²) >= 11 is 0. The largest absolute Gasteiger partial charge is 0.508 e. The first-order valence-electron chi connectivity index (χ1n) is 6.54. The van der Waals surface area contributed by atoms with Crippen molar-refractivity contribution in [3.05, 3.63) is 29.8 Å². The number of carbonyl (C=O) groups excluding carboxylic acids is 2. The van der Waals surface area contributed by atoms with E-state index in [0.29, 0.717) is 5.56 Å². The summed E-state index contributed by atoms with van der Waals surface area (Å²) in [6.07, 6.45) is -0.615. The third kappa shape index (κ3) is 6.16. The lowest BCUT2D eigenvalue weighted by atomic mass is 10.2. The second-order valence-corrected chi connectivity index (χ2v) is 5.58. The van der Waals surface area contributed by atoms with E-state index in [9.17, 15) is 14.7 Å². The molecule has 1 rings (SSSR count). The van der Waals surface area contributed by atoms with Crippen LogP contribution in [0.3, 0.4) is 0 Å². The van der Waals surface area contributed by atoms with Crippen LogP contribution >= 0.6 is 0 Å². The molecule has 1 N–H and O–H groups in total. The lowest BCUT2D eigenvalue weighted by Gasteiger charge is -2.26. The second-order valence-electron chi connectivity index (χ2n) is 5.58. The quantitative estimate of drug-likeness (QED) is 0.863. The summed E-state index contributed by atoms with van der Waals surface area (Å²) in [7, 11) is 1.25. The fraction of sp³-hybridized carbons (Fsp3) is 0.467. The van der Waals surface area contributed by atoms with Gasteiger partial charge in [0.2, 0.25) is 0 Å². The van der Waals surface area contributed by atoms with Crippen molar-refractivity contribution in [3.63, 3.8) is 0 Å². The zero-order chi connectivity index (χ0) is 16.0. The van der Waals surface area contributed by atoms with Gasteiger partial charge in [-0.2, -0.15) is 0 Å². The first kappa shape index (κ1) is 16.8. The molecule has 6 heteroatoms. The number of hydrogen-bond acceptors (Lipinski definition) is 5. The minimum atomic E-state index is -0.662. The molecule has 1 aromatic rings. The van der Waals surface area contributed by atoms with Crippen molar-refractivity contribution >= 4 is 12.1 Å². The number of phenols is 1. The maximum Gasteiger partial charge on any atom is 0.411 e. The molecule has 0 saturated carbocycles. The average molecular weight is 295 g/mol. The van der Waals surface area contributed by atoms with Crippen LogP contribution in [0.4, 0.5) is 4.79 Å². The number of phenolic OH excluding ortho intramolecular Hbond substituents is 1. The molecule has 0 fully saturated rings. The Morgan fingerprint density at radius 3 is 2.48 bits per heavy atom. The number of amides is 1. The number of carbonyl (C=O) groups is 2. The SMILES string of the molecule is COC(=O)CN(Cc1cccc(O)c1)C(=O)OC(C)(C)C. The van der Waals surface area contributed by atoms with Crippen LogP contribution in [0.5, 0.6) is 5.75 Å². The molecule has 0 aliphatic carbocycles. The molecular formula is C15H21NO5. The molecule has 1 aromatic carbocycles. The Balaban J connectivity index is 2.86. The number of rotatable bonds is 4. The first-order chi connectivity index (χ1) is 9.71. The molecule has 0 bridgehead atoms. The predicted molar refractivity (Wildman–Crippen MR) is 76.8 cm³/mol. The third-order valence-corrected chi connectivity index (χ3v) is 2.48. The minimum Gasteiger partial charge on any atom is -0.508 e. The molecular weight excluding hydrogens is 274 g/mol. The van der Waals surface area contributed by atoms with E-state index in [2.05, 4.69) is 4.74 Å². The molecule has 0 aliphatic heterocycles. The molecule has 21 heavy (non-hydrogen) atoms. The van der Waals surface area contributed by atoms with Gasteiger partial charge in [0.1, 0.15) is 17.9 Å². The number of ether oxygens (including phenoxy) is 2. The lowest BCUT2D eigenvalue weighted by Crippen LogP contribution is -2.39. The zero-order valence-electron chi connectivity index (χ0n) is 12.8. The van der Waals surface area contributed by atoms with Crippen molar-refractivity contribution in [2.45, 2.75) is 32.9 Å². The number of hydrogen-bond donors (Lipinski definition) is 1. The molecule has 0 unspecified atom stereocenters. The Morgan fingerprint density at radius 2 is 1.95 bits per heavy atom. The summed E-state index contributed by atoms with van der Waals surface area (Å²) in [6, 6.07) is 6.46. The minimum absolute atomic E-state index is 0.0923. The van der Waals surface area contributed by atoms with Gasteiger partial charge >= 0.3 is 12.1 Å². The normalized spacial score (nSPS) is 10.9. The Kier molecular flexibility index (Phi) is 5.58. The summed E-state index contributed by atoms with van der Waals surface area (Å²) < 4.78 is 9.85. The molecule has 6 nitrogen and oxygen atoms in total. The van der Waals surface area contributed by atoms with E-state index < -0.39 is 17.7 Å². The van der Waals surface area contributed by atoms with Crippen LogP contribution < -0.4 is 0 Å². The summed E-state index contributed by atoms with van der Waals surface area (Å²) in [5.41, 5.74) is 0.0225. The Hall–Kier alpha value is -2.24. The van der Waals surface area contributed by atoms with E-state index in [4.69, 9.17) is 4.74 Å². The smallest absolute Gasteiger partial charge is 0.411 e. The lowest BCUT2D eigenvalue weighted by molar-refractivity contribution is -0.142. The van der Waals surface area contributed by atoms with Crippen molar-refractivity contribution in [2.24, 2.45) is 0 Å². The van der Waals surface area contributed by atoms with Crippen molar-refractivity contribution in [1.82, 2.24) is 4.90 Å². The van der Waals surface area contributed by atoms with Crippen LogP contribution in [0.2, 0.25) is 0 Å². The van der Waals surface area contributed by atoms with Crippen LogP contribution in [0.15, 0.2) is 24.3 Å². The van der Waals surface area contributed by atoms with Crippen molar-refractivity contribution in [3.8, 4) is 5.75 Å². The maximum absolute atomic E-state index is 12.1. The number of methoxy groups -OCH3 is 1. The fourth-order valence-electron chi connectivity index (χ4n) is 1.61. The average Bonchev–Trinajstić information content (AvgIpc) is 2.35. The molecule has 1 amide bonds. The van der Waals surface area contributed by atoms with Crippen LogP contribution in [-0.2, 0) is 20.8 Å². The Bertz CT molecular complexity index is 507. The molecule has 0 atom stereocenters. The van der Waals surface area contributed by atoms with E-state index in [-0.39, 0.29) is 18.8 Å². The van der Waals surface area contributed by atoms with Crippen molar-refractivity contribution in [1.29, 1.82) is 0 Å². The number of esters is 1. The van der Waals surface area contributed by atoms with Gasteiger partial charge in [-0.25, -0.2) is 4.79 Å². The standard InChI is InChI=1S/C15H21NO5/c1-15(2,3)21-14(19)16(10-13(18)20-4)9-11-6-5-7-12(17)8-11/h5-8,17H,9-10H2,1-4H3. The van der Waals surface area contributed by atoms with Crippen LogP contribution in [0.1, 0.15) is 26.3 Å². The maximum atomic E-state index is 12.1. The Labute approximate surface area is 124 Å². The highest BCUT2D eigenvalue weighted by atomic mass is 16.6. The van der Waals surface area contributed by atoms with Gasteiger partial charge in [0.25, 0.3) is 0 Å². The van der Waals surface area contributed by atoms with Gasteiger partial charge in [0.05, 0.1) is 7.11 Å². The van der Waals surface area contributed by atoms with Gasteiger partial charge in [-0.15, -0.1) is 0 Å². The van der Waals surface area contributed by atoms with E-state index in [1.54, 1.807) is 32.9 Å². The van der Waals surface area contributed by atoms with E-state index in [1.807, 2.05) is 0 Å². The summed E-state index contributed by atoms with van der Waals surface area (Å²) in [5.74, 6) is -0.448. The highest BCUT2D eigenvalue weighted by molar-refractivity contribution is 5.78. The fourth-order valence-corrected chi connectivity index (χ4v) is 1.61. The summed E-state index contributed by atoms with van der Waals surface area (Å²) in [5, 5.41) is 9.45. The monoisotopic (exact) mass is 295 g/mol. The highest BCUT2D eigenvalue weighted by Crippen LogP contribution is 2.16. The van der Waals surface area contributed by atoms with E-state index >= 15 is 0 Å². The topological polar surface area (TPSA) is 76.1 Å². The molecule has 0 saturated heterocycles. The Morgan fingerprint density at radius 1 is 1.29 bits per heavy atom. The number of benzene rings is 1. The van der Waals surface area contributed by atoms with Crippen LogP contribution in [0, 0.1) is 0 Å². The number of aromatic hydroxyl groups is 1. The van der Waals surface area contributed by atoms with Gasteiger partial charge in [0, 0.05) is 6.54 Å². The first-order valence-corrected chi connectivity index (χ1v) is 6.54. The molecule has 0 aliphatic rings. The van der Waals surface area contributed by atoms with Crippen LogP contribution in [-0.4, -0.2) is 41.3 Å². The van der Waals surface area contributed by atoms with Gasteiger partial charge in [-0.3, -0.25) is 9.69 Å². The van der Waals surface area contributed by atoms with Crippen molar-refractivity contribution in [2.75, 3.05) is 13.7 Å². The van der Waals surface area contributed by atoms with Gasteiger partial charge in [-0.05, 0) is 38.5 Å². The number of nitrogens with zero attached hydrogens (tertiary/aromatic N) is 1. The van der Waals surface area contributed by atoms with Gasteiger partial charge in [0.15, 0.2) is 0 Å². The third-order valence-electron chi connectivity index (χ3n) is 2.48. The van der Waals surface area contributed by atoms with Crippen molar-refractivity contribution < 1.29 is 24.2 Å². The van der Waals surface area contributed by atoms with Crippen LogP contribution in [0.25, 0.3) is 0 Å². The van der Waals surface area contributed by atoms with Gasteiger partial charge < -0.3 is 14.6 Å². The summed E-state index contributed by atoms with van der Waals surface area (Å²) in [4.78, 5) is 24.8. The molecule has 0 spiro atoms. The molecule has 0 aromatic heterocycles.